The lowest BCUT2D eigenvalue weighted by Crippen LogP contribution is -2.56. The van der Waals surface area contributed by atoms with Gasteiger partial charge in [0.2, 0.25) is 41.4 Å². The fraction of sp³-hybridized carbons (Fsp3) is 0.571. The lowest BCUT2D eigenvalue weighted by atomic mass is 10.0. The summed E-state index contributed by atoms with van der Waals surface area (Å²) in [6.07, 6.45) is 1.79. The van der Waals surface area contributed by atoms with Gasteiger partial charge in [0.15, 0.2) is 17.6 Å². The molecule has 312 valence electrons. The number of nitrogens with one attached hydrogen (secondary N) is 9. The van der Waals surface area contributed by atoms with Gasteiger partial charge in [-0.3, -0.25) is 39.0 Å². The van der Waals surface area contributed by atoms with Gasteiger partial charge in [-0.05, 0) is 56.8 Å². The van der Waals surface area contributed by atoms with E-state index < -0.39 is 89.7 Å². The highest BCUT2D eigenvalue weighted by Gasteiger charge is 2.28. The quantitative estimate of drug-likeness (QED) is 0.0193. The molecule has 0 aromatic heterocycles. The molecule has 21 heteroatoms. The zero-order chi connectivity index (χ0) is 42.2. The summed E-state index contributed by atoms with van der Waals surface area (Å²) in [5.74, 6) is -7.59. The van der Waals surface area contributed by atoms with Crippen LogP contribution in [0.1, 0.15) is 70.8 Å². The summed E-state index contributed by atoms with van der Waals surface area (Å²) in [5.41, 5.74) is 10.7. The van der Waals surface area contributed by atoms with Crippen LogP contribution in [0.2, 0.25) is 0 Å². The van der Waals surface area contributed by atoms with Crippen LogP contribution in [0.4, 0.5) is 8.78 Å². The van der Waals surface area contributed by atoms with E-state index in [2.05, 4.69) is 42.5 Å². The molecule has 1 aromatic carbocycles. The Morgan fingerprint density at radius 2 is 1.43 bits per heavy atom. The molecule has 0 aliphatic rings. The van der Waals surface area contributed by atoms with E-state index in [0.717, 1.165) is 12.1 Å². The van der Waals surface area contributed by atoms with Gasteiger partial charge >= 0.3 is 0 Å². The van der Waals surface area contributed by atoms with E-state index in [-0.39, 0.29) is 63.1 Å². The van der Waals surface area contributed by atoms with Crippen molar-refractivity contribution >= 4 is 53.6 Å². The van der Waals surface area contributed by atoms with Crippen LogP contribution in [0.5, 0.6) is 0 Å². The van der Waals surface area contributed by atoms with E-state index in [4.69, 9.17) is 16.9 Å². The standard InChI is InChI=1S/C35H55F2N11O8/c1-4-5-8-26(45-20(2)50)33(55)48-27(11-12-29(51)42-15-13-25(41-3)31(38)53)32(54)44-18-30(52)47-28(17-21-9-10-23(36)24(37)16-21)34(56)46-22(19-49)7-6-14-43-35(39)40/h9-10,16,19,22,25-28,41H,4-8,11-15,17-18H2,1-3H3,(H2,38,53)(H,42,51)(H,44,54)(H,45,50)(H,46,56)(H,47,52)(H,48,55)(H4,39,40,43)/t22-,25?,26-,27?,28?/m0/s1. The summed E-state index contributed by atoms with van der Waals surface area (Å²) in [6, 6.07) is -2.64. The van der Waals surface area contributed by atoms with Crippen LogP contribution >= 0.6 is 0 Å². The second-order valence-corrected chi connectivity index (χ2v) is 12.9. The van der Waals surface area contributed by atoms with Crippen LogP contribution < -0.4 is 54.0 Å². The number of carbonyl (C=O) groups excluding carboxylic acids is 8. The molecule has 13 N–H and O–H groups in total. The SMILES string of the molecule is CCCC[C@H](NC(C)=O)C(=O)NC(CCC(=O)NCCC(NC)C(N)=O)C(=O)NCC(=O)NC(Cc1ccc(F)c(F)c1)C(=O)N[C@H](C=O)CCCNC(=N)N. The normalized spacial score (nSPS) is 13.4. The maximum absolute atomic E-state index is 14.0. The number of guanidine groups is 1. The Labute approximate surface area is 323 Å². The minimum absolute atomic E-state index is 0.0717. The van der Waals surface area contributed by atoms with E-state index >= 15 is 0 Å². The lowest BCUT2D eigenvalue weighted by molar-refractivity contribution is -0.133. The van der Waals surface area contributed by atoms with Gasteiger partial charge in [-0.2, -0.15) is 0 Å². The van der Waals surface area contributed by atoms with Gasteiger partial charge in [-0.25, -0.2) is 8.78 Å². The summed E-state index contributed by atoms with van der Waals surface area (Å²) in [4.78, 5) is 101. The maximum atomic E-state index is 14.0. The second-order valence-electron chi connectivity index (χ2n) is 12.9. The number of likely N-dealkylation sites (N-methyl/N-ethyl adjacent to an activating group) is 1. The highest BCUT2D eigenvalue weighted by molar-refractivity contribution is 5.95. The first-order valence-electron chi connectivity index (χ1n) is 18.2. The molecule has 5 atom stereocenters. The van der Waals surface area contributed by atoms with Gasteiger partial charge in [0, 0.05) is 32.9 Å². The van der Waals surface area contributed by atoms with Crippen LogP contribution in [0.15, 0.2) is 18.2 Å². The summed E-state index contributed by atoms with van der Waals surface area (Å²) in [6.45, 7) is 2.67. The number of primary amides is 1. The van der Waals surface area contributed by atoms with Gasteiger partial charge in [-0.1, -0.05) is 25.8 Å². The molecule has 0 heterocycles. The number of aldehydes is 1. The molecular weight excluding hydrogens is 740 g/mol. The minimum atomic E-state index is -1.43. The van der Waals surface area contributed by atoms with E-state index in [9.17, 15) is 47.1 Å². The Balaban J connectivity index is 3.13. The average molecular weight is 796 g/mol. The van der Waals surface area contributed by atoms with Crippen molar-refractivity contribution < 1.29 is 47.1 Å². The number of hydrogen-bond acceptors (Lipinski definition) is 10. The Kier molecular flexibility index (Phi) is 22.5. The van der Waals surface area contributed by atoms with Crippen molar-refractivity contribution in [2.75, 3.05) is 26.7 Å². The molecular formula is C35H55F2N11O8. The minimum Gasteiger partial charge on any atom is -0.370 e. The molecule has 56 heavy (non-hydrogen) atoms. The third kappa shape index (κ3) is 19.6. The molecule has 19 nitrogen and oxygen atoms in total. The molecule has 0 bridgehead atoms. The molecule has 1 rings (SSSR count). The molecule has 0 aliphatic carbocycles. The molecule has 1 aromatic rings. The number of amides is 7. The number of nitrogens with two attached hydrogens (primary N) is 2. The van der Waals surface area contributed by atoms with Crippen molar-refractivity contribution in [2.45, 2.75) is 102 Å². The molecule has 0 saturated carbocycles. The maximum Gasteiger partial charge on any atom is 0.243 e. The molecule has 0 aliphatic heterocycles. The Hall–Kier alpha value is -5.73. The van der Waals surface area contributed by atoms with E-state index in [1.54, 1.807) is 0 Å². The van der Waals surface area contributed by atoms with Crippen LogP contribution in [0.3, 0.4) is 0 Å². The highest BCUT2D eigenvalue weighted by Crippen LogP contribution is 2.12. The van der Waals surface area contributed by atoms with E-state index in [1.807, 2.05) is 6.92 Å². The number of halogens is 2. The number of unbranched alkanes of at least 4 members (excludes halogenated alkanes) is 1. The van der Waals surface area contributed by atoms with Gasteiger partial charge in [0.25, 0.3) is 0 Å². The molecule has 0 spiro atoms. The third-order valence-corrected chi connectivity index (χ3v) is 8.28. The topological polar surface area (TPSA) is 309 Å². The third-order valence-electron chi connectivity index (χ3n) is 8.28. The van der Waals surface area contributed by atoms with Crippen LogP contribution in [-0.4, -0.2) is 110 Å². The molecule has 7 amide bonds. The average Bonchev–Trinajstić information content (AvgIpc) is 3.14. The number of rotatable bonds is 27. The van der Waals surface area contributed by atoms with Crippen molar-refractivity contribution in [2.24, 2.45) is 11.5 Å². The van der Waals surface area contributed by atoms with Gasteiger partial charge in [0.05, 0.1) is 18.6 Å². The first kappa shape index (κ1) is 48.3. The van der Waals surface area contributed by atoms with Crippen molar-refractivity contribution in [3.8, 4) is 0 Å². The predicted octanol–water partition coefficient (Wildman–Crippen LogP) is -2.41. The largest absolute Gasteiger partial charge is 0.370 e. The molecule has 0 fully saturated rings. The van der Waals surface area contributed by atoms with Crippen LogP contribution in [0.25, 0.3) is 0 Å². The predicted molar refractivity (Wildman–Crippen MR) is 200 cm³/mol. The summed E-state index contributed by atoms with van der Waals surface area (Å²) in [5, 5.41) is 27.4. The summed E-state index contributed by atoms with van der Waals surface area (Å²) in [7, 11) is 1.53. The van der Waals surface area contributed by atoms with Crippen molar-refractivity contribution in [1.82, 2.24) is 42.5 Å². The van der Waals surface area contributed by atoms with E-state index in [0.29, 0.717) is 25.5 Å². The Bertz CT molecular complexity index is 1530. The van der Waals surface area contributed by atoms with E-state index in [1.165, 1.54) is 20.0 Å². The van der Waals surface area contributed by atoms with Gasteiger partial charge < -0.3 is 58.8 Å². The molecule has 0 saturated heterocycles. The number of benzene rings is 1. The second kappa shape index (κ2) is 26.1. The highest BCUT2D eigenvalue weighted by atomic mass is 19.2. The van der Waals surface area contributed by atoms with Gasteiger partial charge in [0.1, 0.15) is 24.4 Å². The monoisotopic (exact) mass is 795 g/mol. The molecule has 0 radical (unpaired) electrons. The van der Waals surface area contributed by atoms with Crippen molar-refractivity contribution in [3.63, 3.8) is 0 Å². The zero-order valence-electron chi connectivity index (χ0n) is 31.9. The Morgan fingerprint density at radius 1 is 0.750 bits per heavy atom. The Morgan fingerprint density at radius 3 is 2.02 bits per heavy atom. The lowest BCUT2D eigenvalue weighted by Gasteiger charge is -2.23. The van der Waals surface area contributed by atoms with Gasteiger partial charge in [-0.15, -0.1) is 0 Å². The number of hydrogen-bond donors (Lipinski definition) is 11. The van der Waals surface area contributed by atoms with Crippen molar-refractivity contribution in [3.05, 3.63) is 35.4 Å². The fourth-order valence-electron chi connectivity index (χ4n) is 5.26. The first-order chi connectivity index (χ1) is 26.5. The zero-order valence-corrected chi connectivity index (χ0v) is 31.9. The van der Waals surface area contributed by atoms with Crippen LogP contribution in [-0.2, 0) is 44.8 Å². The first-order valence-corrected chi connectivity index (χ1v) is 18.2. The molecule has 3 unspecified atom stereocenters. The van der Waals surface area contributed by atoms with Crippen molar-refractivity contribution in [1.29, 1.82) is 5.41 Å². The summed E-state index contributed by atoms with van der Waals surface area (Å²) < 4.78 is 27.6. The van der Waals surface area contributed by atoms with Crippen LogP contribution in [0, 0.1) is 17.0 Å². The summed E-state index contributed by atoms with van der Waals surface area (Å²) >= 11 is 0. The smallest absolute Gasteiger partial charge is 0.243 e. The fourth-order valence-corrected chi connectivity index (χ4v) is 5.26. The number of carbonyl (C=O) groups is 8.